The van der Waals surface area contributed by atoms with Crippen molar-refractivity contribution in [1.82, 2.24) is 4.31 Å². The number of sulfonamides is 1. The zero-order chi connectivity index (χ0) is 22.4. The molecular formula is C24H24N2O4S. The van der Waals surface area contributed by atoms with Crippen molar-refractivity contribution in [2.24, 2.45) is 0 Å². The molecule has 1 N–H and O–H groups in total. The Balaban J connectivity index is 1.89. The van der Waals surface area contributed by atoms with Crippen LogP contribution >= 0.6 is 0 Å². The highest BCUT2D eigenvalue weighted by Crippen LogP contribution is 2.21. The molecule has 0 aliphatic carbocycles. The van der Waals surface area contributed by atoms with Crippen LogP contribution in [0.25, 0.3) is 0 Å². The maximum Gasteiger partial charge on any atom is 0.256 e. The van der Waals surface area contributed by atoms with Gasteiger partial charge >= 0.3 is 0 Å². The molecule has 0 aromatic heterocycles. The number of amides is 1. The number of carbonyl (C=O) groups excluding carboxylic acids is 2. The summed E-state index contributed by atoms with van der Waals surface area (Å²) >= 11 is 0. The molecule has 0 saturated carbocycles. The second kappa shape index (κ2) is 9.68. The molecule has 3 rings (SSSR count). The third-order valence-electron chi connectivity index (χ3n) is 4.89. The van der Waals surface area contributed by atoms with E-state index in [1.807, 2.05) is 6.07 Å². The summed E-state index contributed by atoms with van der Waals surface area (Å²) in [6, 6.07) is 21.4. The molecule has 0 fully saturated rings. The van der Waals surface area contributed by atoms with E-state index in [0.29, 0.717) is 24.3 Å². The molecule has 0 spiro atoms. The molecule has 1 amide bonds. The van der Waals surface area contributed by atoms with Gasteiger partial charge in [-0.25, -0.2) is 8.42 Å². The lowest BCUT2D eigenvalue weighted by molar-refractivity contribution is 0.0996. The van der Waals surface area contributed by atoms with Gasteiger partial charge in [0.25, 0.3) is 5.91 Å². The number of anilines is 1. The molecule has 0 bridgehead atoms. The van der Waals surface area contributed by atoms with Gasteiger partial charge in [0.05, 0.1) is 10.5 Å². The molecule has 0 saturated heterocycles. The van der Waals surface area contributed by atoms with E-state index in [2.05, 4.69) is 5.32 Å². The van der Waals surface area contributed by atoms with E-state index < -0.39 is 15.9 Å². The van der Waals surface area contributed by atoms with Gasteiger partial charge in [-0.15, -0.1) is 0 Å². The number of rotatable bonds is 8. The minimum absolute atomic E-state index is 0.0997. The fourth-order valence-electron chi connectivity index (χ4n) is 3.27. The number of nitrogens with one attached hydrogen (secondary N) is 1. The van der Waals surface area contributed by atoms with Gasteiger partial charge in [0.15, 0.2) is 5.78 Å². The van der Waals surface area contributed by atoms with E-state index in [9.17, 15) is 18.0 Å². The molecule has 0 atom stereocenters. The molecule has 0 heterocycles. The summed E-state index contributed by atoms with van der Waals surface area (Å²) in [4.78, 5) is 25.9. The Kier molecular flexibility index (Phi) is 6.99. The fraction of sp³-hybridized carbons (Fsp3) is 0.167. The van der Waals surface area contributed by atoms with Crippen LogP contribution in [0.2, 0.25) is 0 Å². The molecule has 6 nitrogen and oxygen atoms in total. The number of carbonyl (C=O) groups is 2. The quantitative estimate of drug-likeness (QED) is 0.537. The smallest absolute Gasteiger partial charge is 0.256 e. The van der Waals surface area contributed by atoms with Crippen molar-refractivity contribution in [2.75, 3.05) is 18.4 Å². The summed E-state index contributed by atoms with van der Waals surface area (Å²) in [6.45, 7) is 4.25. The lowest BCUT2D eigenvalue weighted by Crippen LogP contribution is -2.30. The molecule has 31 heavy (non-hydrogen) atoms. The van der Waals surface area contributed by atoms with Gasteiger partial charge < -0.3 is 5.32 Å². The van der Waals surface area contributed by atoms with E-state index >= 15 is 0 Å². The van der Waals surface area contributed by atoms with Gasteiger partial charge in [0.2, 0.25) is 10.0 Å². The van der Waals surface area contributed by atoms with E-state index in [4.69, 9.17) is 0 Å². The summed E-state index contributed by atoms with van der Waals surface area (Å²) in [6.07, 6.45) is 0. The van der Waals surface area contributed by atoms with Crippen LogP contribution in [0, 0.1) is 0 Å². The molecule has 0 aliphatic rings. The minimum Gasteiger partial charge on any atom is -0.322 e. The van der Waals surface area contributed by atoms with Crippen LogP contribution in [-0.4, -0.2) is 37.5 Å². The second-order valence-electron chi connectivity index (χ2n) is 6.81. The van der Waals surface area contributed by atoms with Gasteiger partial charge in [-0.2, -0.15) is 4.31 Å². The third kappa shape index (κ3) is 4.90. The maximum atomic E-state index is 13.0. The van der Waals surface area contributed by atoms with Crippen LogP contribution in [0.5, 0.6) is 0 Å². The zero-order valence-corrected chi connectivity index (χ0v) is 18.2. The van der Waals surface area contributed by atoms with Crippen molar-refractivity contribution in [3.63, 3.8) is 0 Å². The summed E-state index contributed by atoms with van der Waals surface area (Å²) in [7, 11) is -3.65. The van der Waals surface area contributed by atoms with Crippen molar-refractivity contribution in [3.05, 3.63) is 95.6 Å². The number of ketones is 1. The Morgan fingerprint density at radius 3 is 2.06 bits per heavy atom. The highest BCUT2D eigenvalue weighted by atomic mass is 32.2. The van der Waals surface area contributed by atoms with Crippen molar-refractivity contribution in [3.8, 4) is 0 Å². The Labute approximate surface area is 182 Å². The third-order valence-corrected chi connectivity index (χ3v) is 6.93. The maximum absolute atomic E-state index is 13.0. The fourth-order valence-corrected chi connectivity index (χ4v) is 4.77. The second-order valence-corrected chi connectivity index (χ2v) is 8.75. The molecule has 160 valence electrons. The monoisotopic (exact) mass is 436 g/mol. The number of benzene rings is 3. The minimum atomic E-state index is -3.65. The van der Waals surface area contributed by atoms with Crippen molar-refractivity contribution >= 4 is 27.4 Å². The Morgan fingerprint density at radius 1 is 0.806 bits per heavy atom. The normalized spacial score (nSPS) is 11.3. The average Bonchev–Trinajstić information content (AvgIpc) is 2.80. The first-order chi connectivity index (χ1) is 14.9. The van der Waals surface area contributed by atoms with Crippen LogP contribution in [0.4, 0.5) is 5.69 Å². The lowest BCUT2D eigenvalue weighted by Gasteiger charge is -2.19. The lowest BCUT2D eigenvalue weighted by atomic mass is 9.98. The van der Waals surface area contributed by atoms with E-state index in [1.165, 1.54) is 16.4 Å². The van der Waals surface area contributed by atoms with Crippen LogP contribution < -0.4 is 5.32 Å². The molecule has 7 heteroatoms. The van der Waals surface area contributed by atoms with E-state index in [-0.39, 0.29) is 21.8 Å². The average molecular weight is 437 g/mol. The predicted octanol–water partition coefficient (Wildman–Crippen LogP) is 4.20. The molecule has 0 radical (unpaired) electrons. The molecule has 0 unspecified atom stereocenters. The standard InChI is InChI=1S/C24H24N2O4S/c1-3-26(4-2)31(29,30)20-14-10-13-19(17-20)25-24(28)22-16-9-8-15-21(22)23(27)18-11-6-5-7-12-18/h5-17H,3-4H2,1-2H3,(H,25,28). The first-order valence-electron chi connectivity index (χ1n) is 9.98. The van der Waals surface area contributed by atoms with Crippen LogP contribution in [0.15, 0.2) is 83.8 Å². The van der Waals surface area contributed by atoms with Gasteiger partial charge in [0, 0.05) is 29.9 Å². The van der Waals surface area contributed by atoms with Crippen LogP contribution in [0.1, 0.15) is 40.1 Å². The number of hydrogen-bond acceptors (Lipinski definition) is 4. The van der Waals surface area contributed by atoms with Crippen molar-refractivity contribution in [2.45, 2.75) is 18.7 Å². The SMILES string of the molecule is CCN(CC)S(=O)(=O)c1cccc(NC(=O)c2ccccc2C(=O)c2ccccc2)c1. The van der Waals surface area contributed by atoms with Crippen LogP contribution in [-0.2, 0) is 10.0 Å². The van der Waals surface area contributed by atoms with Gasteiger partial charge in [-0.1, -0.05) is 68.4 Å². The largest absolute Gasteiger partial charge is 0.322 e. The first-order valence-corrected chi connectivity index (χ1v) is 11.4. The Hall–Kier alpha value is -3.29. The highest BCUT2D eigenvalue weighted by Gasteiger charge is 2.22. The predicted molar refractivity (Wildman–Crippen MR) is 121 cm³/mol. The number of nitrogens with zero attached hydrogens (tertiary/aromatic N) is 1. The van der Waals surface area contributed by atoms with Gasteiger partial charge in [0.1, 0.15) is 0 Å². The van der Waals surface area contributed by atoms with E-state index in [0.717, 1.165) is 0 Å². The van der Waals surface area contributed by atoms with Crippen molar-refractivity contribution < 1.29 is 18.0 Å². The Morgan fingerprint density at radius 2 is 1.42 bits per heavy atom. The summed E-state index contributed by atoms with van der Waals surface area (Å²) in [5.41, 5.74) is 1.31. The summed E-state index contributed by atoms with van der Waals surface area (Å²) < 4.78 is 26.9. The van der Waals surface area contributed by atoms with Crippen LogP contribution in [0.3, 0.4) is 0 Å². The molecule has 0 aliphatic heterocycles. The molecular weight excluding hydrogens is 412 g/mol. The first kappa shape index (κ1) is 22.4. The Bertz CT molecular complexity index is 1190. The summed E-state index contributed by atoms with van der Waals surface area (Å²) in [5.74, 6) is -0.749. The van der Waals surface area contributed by atoms with Crippen molar-refractivity contribution in [1.29, 1.82) is 0 Å². The van der Waals surface area contributed by atoms with Gasteiger partial charge in [-0.05, 0) is 24.3 Å². The van der Waals surface area contributed by atoms with Gasteiger partial charge in [-0.3, -0.25) is 9.59 Å². The molecule has 3 aromatic rings. The number of hydrogen-bond donors (Lipinski definition) is 1. The van der Waals surface area contributed by atoms with E-state index in [1.54, 1.807) is 74.5 Å². The highest BCUT2D eigenvalue weighted by molar-refractivity contribution is 7.89. The molecule has 3 aromatic carbocycles. The topological polar surface area (TPSA) is 83.6 Å². The summed E-state index contributed by atoms with van der Waals surface area (Å²) in [5, 5.41) is 2.72. The zero-order valence-electron chi connectivity index (χ0n) is 17.4.